The summed E-state index contributed by atoms with van der Waals surface area (Å²) in [6, 6.07) is 8.29. The molecule has 0 bridgehead atoms. The van der Waals surface area contributed by atoms with Gasteiger partial charge in [0, 0.05) is 5.56 Å². The Bertz CT molecular complexity index is 615. The highest BCUT2D eigenvalue weighted by atomic mass is 35.5. The molecule has 0 unspecified atom stereocenters. The smallest absolute Gasteiger partial charge is 0.141 e. The van der Waals surface area contributed by atoms with Crippen molar-refractivity contribution in [3.8, 4) is 17.3 Å². The monoisotopic (exact) mass is 280 g/mol. The predicted octanol–water partition coefficient (Wildman–Crippen LogP) is 4.26. The lowest BCUT2D eigenvalue weighted by molar-refractivity contribution is 0.620. The molecule has 0 aliphatic heterocycles. The SMILES string of the molecule is N#CCc1cc(F)cnc1-c1c(Cl)cccc1Cl. The summed E-state index contributed by atoms with van der Waals surface area (Å²) >= 11 is 12.1. The standard InChI is InChI=1S/C13H7Cl2FN2/c14-10-2-1-3-11(15)12(10)13-8(4-5-17)6-9(16)7-18-13/h1-3,6-7H,4H2. The molecule has 0 saturated carbocycles. The normalized spacial score (nSPS) is 10.1. The Morgan fingerprint density at radius 2 is 1.94 bits per heavy atom. The summed E-state index contributed by atoms with van der Waals surface area (Å²) in [7, 11) is 0. The lowest BCUT2D eigenvalue weighted by Crippen LogP contribution is -1.95. The van der Waals surface area contributed by atoms with Crippen LogP contribution in [0.25, 0.3) is 11.3 Å². The van der Waals surface area contributed by atoms with Crippen LogP contribution in [0, 0.1) is 17.1 Å². The Balaban J connectivity index is 2.68. The fourth-order valence-electron chi connectivity index (χ4n) is 1.65. The van der Waals surface area contributed by atoms with Gasteiger partial charge in [-0.25, -0.2) is 4.39 Å². The van der Waals surface area contributed by atoms with Gasteiger partial charge in [0.05, 0.1) is 34.4 Å². The van der Waals surface area contributed by atoms with Gasteiger partial charge in [-0.15, -0.1) is 0 Å². The molecule has 5 heteroatoms. The van der Waals surface area contributed by atoms with Crippen LogP contribution >= 0.6 is 23.2 Å². The first-order chi connectivity index (χ1) is 8.63. The molecule has 0 aliphatic carbocycles. The van der Waals surface area contributed by atoms with E-state index in [1.807, 2.05) is 6.07 Å². The topological polar surface area (TPSA) is 36.7 Å². The Morgan fingerprint density at radius 3 is 2.56 bits per heavy atom. The number of nitrogens with zero attached hydrogens (tertiary/aromatic N) is 2. The van der Waals surface area contributed by atoms with Crippen molar-refractivity contribution in [2.45, 2.75) is 6.42 Å². The van der Waals surface area contributed by atoms with Crippen LogP contribution in [0.1, 0.15) is 5.56 Å². The third-order valence-corrected chi connectivity index (χ3v) is 3.03. The molecule has 1 heterocycles. The molecule has 0 amide bonds. The molecule has 2 aromatic rings. The van der Waals surface area contributed by atoms with Gasteiger partial charge in [-0.3, -0.25) is 4.98 Å². The van der Waals surface area contributed by atoms with E-state index in [4.69, 9.17) is 28.5 Å². The van der Waals surface area contributed by atoms with Crippen LogP contribution in [0.4, 0.5) is 4.39 Å². The highest BCUT2D eigenvalue weighted by Gasteiger charge is 2.14. The number of hydrogen-bond donors (Lipinski definition) is 0. The quantitative estimate of drug-likeness (QED) is 0.824. The summed E-state index contributed by atoms with van der Waals surface area (Å²) in [5.41, 5.74) is 1.42. The average Bonchev–Trinajstić information content (AvgIpc) is 2.32. The third kappa shape index (κ3) is 2.45. The summed E-state index contributed by atoms with van der Waals surface area (Å²) in [4.78, 5) is 3.99. The van der Waals surface area contributed by atoms with E-state index < -0.39 is 5.82 Å². The molecule has 90 valence electrons. The van der Waals surface area contributed by atoms with Crippen LogP contribution in [0.15, 0.2) is 30.5 Å². The molecular formula is C13H7Cl2FN2. The summed E-state index contributed by atoms with van der Waals surface area (Å²) in [6.45, 7) is 0. The lowest BCUT2D eigenvalue weighted by atomic mass is 10.0. The highest BCUT2D eigenvalue weighted by molar-refractivity contribution is 6.39. The van der Waals surface area contributed by atoms with Crippen molar-refractivity contribution >= 4 is 23.2 Å². The first-order valence-electron chi connectivity index (χ1n) is 5.09. The predicted molar refractivity (Wildman–Crippen MR) is 69.0 cm³/mol. The van der Waals surface area contributed by atoms with Gasteiger partial charge in [0.1, 0.15) is 5.82 Å². The van der Waals surface area contributed by atoms with Crippen molar-refractivity contribution in [2.24, 2.45) is 0 Å². The molecule has 0 N–H and O–H groups in total. The van der Waals surface area contributed by atoms with Crippen LogP contribution in [0.3, 0.4) is 0 Å². The van der Waals surface area contributed by atoms with Gasteiger partial charge in [0.25, 0.3) is 0 Å². The molecule has 0 spiro atoms. The minimum atomic E-state index is -0.493. The van der Waals surface area contributed by atoms with Gasteiger partial charge in [-0.05, 0) is 23.8 Å². The molecule has 18 heavy (non-hydrogen) atoms. The van der Waals surface area contributed by atoms with E-state index in [2.05, 4.69) is 4.98 Å². The van der Waals surface area contributed by atoms with Crippen LogP contribution in [-0.4, -0.2) is 4.98 Å². The Morgan fingerprint density at radius 1 is 1.28 bits per heavy atom. The number of hydrogen-bond acceptors (Lipinski definition) is 2. The molecule has 2 nitrogen and oxygen atoms in total. The van der Waals surface area contributed by atoms with Crippen molar-refractivity contribution in [2.75, 3.05) is 0 Å². The van der Waals surface area contributed by atoms with Crippen molar-refractivity contribution in [3.63, 3.8) is 0 Å². The number of halogens is 3. The van der Waals surface area contributed by atoms with Gasteiger partial charge >= 0.3 is 0 Å². The second kappa shape index (κ2) is 5.34. The van der Waals surface area contributed by atoms with Gasteiger partial charge < -0.3 is 0 Å². The lowest BCUT2D eigenvalue weighted by Gasteiger charge is -2.09. The Labute approximate surface area is 114 Å². The molecule has 0 atom stereocenters. The molecule has 1 aromatic heterocycles. The Hall–Kier alpha value is -1.63. The van der Waals surface area contributed by atoms with E-state index in [9.17, 15) is 4.39 Å². The number of benzene rings is 1. The highest BCUT2D eigenvalue weighted by Crippen LogP contribution is 2.35. The molecule has 1 aromatic carbocycles. The van der Waals surface area contributed by atoms with Crippen molar-refractivity contribution in [3.05, 3.63) is 51.9 Å². The van der Waals surface area contributed by atoms with E-state index in [1.54, 1.807) is 18.2 Å². The number of pyridine rings is 1. The van der Waals surface area contributed by atoms with Crippen molar-refractivity contribution < 1.29 is 4.39 Å². The maximum atomic E-state index is 13.1. The fourth-order valence-corrected chi connectivity index (χ4v) is 2.23. The van der Waals surface area contributed by atoms with Crippen LogP contribution < -0.4 is 0 Å². The summed E-state index contributed by atoms with van der Waals surface area (Å²) in [5.74, 6) is -0.493. The van der Waals surface area contributed by atoms with E-state index in [0.29, 0.717) is 26.9 Å². The van der Waals surface area contributed by atoms with Crippen LogP contribution in [0.2, 0.25) is 10.0 Å². The van der Waals surface area contributed by atoms with Crippen molar-refractivity contribution in [1.29, 1.82) is 5.26 Å². The van der Waals surface area contributed by atoms with Crippen LogP contribution in [0.5, 0.6) is 0 Å². The summed E-state index contributed by atoms with van der Waals surface area (Å²) in [5, 5.41) is 9.59. The van der Waals surface area contributed by atoms with E-state index in [0.717, 1.165) is 6.20 Å². The van der Waals surface area contributed by atoms with E-state index in [1.165, 1.54) is 6.07 Å². The minimum absolute atomic E-state index is 0.0433. The summed E-state index contributed by atoms with van der Waals surface area (Å²) < 4.78 is 13.1. The molecule has 0 radical (unpaired) electrons. The molecule has 2 rings (SSSR count). The number of rotatable bonds is 2. The Kier molecular flexibility index (Phi) is 3.81. The largest absolute Gasteiger partial charge is 0.253 e. The minimum Gasteiger partial charge on any atom is -0.253 e. The number of aromatic nitrogens is 1. The maximum Gasteiger partial charge on any atom is 0.141 e. The first kappa shape index (κ1) is 12.8. The van der Waals surface area contributed by atoms with Gasteiger partial charge in [0.2, 0.25) is 0 Å². The second-order valence-corrected chi connectivity index (χ2v) is 4.41. The van der Waals surface area contributed by atoms with Gasteiger partial charge in [-0.1, -0.05) is 29.3 Å². The molecule has 0 saturated heterocycles. The maximum absolute atomic E-state index is 13.1. The van der Waals surface area contributed by atoms with Crippen LogP contribution in [-0.2, 0) is 6.42 Å². The molecule has 0 fully saturated rings. The van der Waals surface area contributed by atoms with E-state index >= 15 is 0 Å². The van der Waals surface area contributed by atoms with Crippen molar-refractivity contribution in [1.82, 2.24) is 4.98 Å². The van der Waals surface area contributed by atoms with Gasteiger partial charge in [-0.2, -0.15) is 5.26 Å². The third-order valence-electron chi connectivity index (χ3n) is 2.40. The van der Waals surface area contributed by atoms with Gasteiger partial charge in [0.15, 0.2) is 0 Å². The number of nitriles is 1. The molecular weight excluding hydrogens is 274 g/mol. The first-order valence-corrected chi connectivity index (χ1v) is 5.85. The van der Waals surface area contributed by atoms with E-state index in [-0.39, 0.29) is 6.42 Å². The summed E-state index contributed by atoms with van der Waals surface area (Å²) in [6.07, 6.45) is 1.12. The fraction of sp³-hybridized carbons (Fsp3) is 0.0769. The zero-order valence-electron chi connectivity index (χ0n) is 9.12. The zero-order chi connectivity index (χ0) is 13.1. The zero-order valence-corrected chi connectivity index (χ0v) is 10.6. The molecule has 0 aliphatic rings. The average molecular weight is 281 g/mol. The second-order valence-electron chi connectivity index (χ2n) is 3.59.